The van der Waals surface area contributed by atoms with Crippen LogP contribution in [0.15, 0.2) is 51.8 Å². The van der Waals surface area contributed by atoms with E-state index in [0.29, 0.717) is 24.2 Å². The number of ether oxygens (including phenoxy) is 1. The van der Waals surface area contributed by atoms with Crippen molar-refractivity contribution in [1.82, 2.24) is 0 Å². The van der Waals surface area contributed by atoms with E-state index in [2.05, 4.69) is 14.5 Å². The van der Waals surface area contributed by atoms with Gasteiger partial charge in [-0.25, -0.2) is 0 Å². The normalized spacial score (nSPS) is 17.8. The molecule has 4 rings (SSSR count). The summed E-state index contributed by atoms with van der Waals surface area (Å²) in [6, 6.07) is 10.7. The molecule has 28 heavy (non-hydrogen) atoms. The van der Waals surface area contributed by atoms with Gasteiger partial charge < -0.3 is 15.0 Å². The summed E-state index contributed by atoms with van der Waals surface area (Å²) in [6.45, 7) is 0.828. The molecule has 0 saturated carbocycles. The van der Waals surface area contributed by atoms with Crippen LogP contribution in [0.4, 0.5) is 24.5 Å². The topological polar surface area (TPSA) is 71.0 Å². The Kier molecular flexibility index (Phi) is 4.45. The lowest BCUT2D eigenvalue weighted by Gasteiger charge is -2.32. The first kappa shape index (κ1) is 18.6. The minimum absolute atomic E-state index is 0.117. The maximum Gasteiger partial charge on any atom is 0.573 e. The smallest absolute Gasteiger partial charge is 0.406 e. The molecular weight excluding hydrogens is 395 g/mol. The average Bonchev–Trinajstić information content (AvgIpc) is 2.60. The highest BCUT2D eigenvalue weighted by atomic mass is 32.2. The Morgan fingerprint density at radius 3 is 2.75 bits per heavy atom. The second-order valence-corrected chi connectivity index (χ2v) is 8.07. The Morgan fingerprint density at radius 2 is 1.96 bits per heavy atom. The number of halogens is 3. The van der Waals surface area contributed by atoms with E-state index in [4.69, 9.17) is 0 Å². The molecule has 0 amide bonds. The first-order valence-electron chi connectivity index (χ1n) is 8.55. The van der Waals surface area contributed by atoms with Gasteiger partial charge in [0.2, 0.25) is 0 Å². The standard InChI is InChI=1S/C18H16F3N3O3S/c19-18(20,21)27-13-7-8-15-12(10-13)4-3-9-24(15)11-17-22-14-5-1-2-6-16(14)28(25,26)23-17/h1-2,5-8,10H,3-4,9,11H2,(H,22,23). The van der Waals surface area contributed by atoms with Crippen molar-refractivity contribution in [1.29, 1.82) is 0 Å². The summed E-state index contributed by atoms with van der Waals surface area (Å²) < 4.78 is 69.9. The number of hydrogen-bond donors (Lipinski definition) is 1. The molecular formula is C18H16F3N3O3S. The predicted octanol–water partition coefficient (Wildman–Crippen LogP) is 3.55. The summed E-state index contributed by atoms with van der Waals surface area (Å²) in [6.07, 6.45) is -3.41. The summed E-state index contributed by atoms with van der Waals surface area (Å²) in [4.78, 5) is 2.01. The Bertz CT molecular complexity index is 1050. The van der Waals surface area contributed by atoms with Gasteiger partial charge in [-0.15, -0.1) is 17.6 Å². The van der Waals surface area contributed by atoms with Crippen molar-refractivity contribution in [3.63, 3.8) is 0 Å². The molecule has 2 aromatic rings. The summed E-state index contributed by atoms with van der Waals surface area (Å²) >= 11 is 0. The second-order valence-electron chi connectivity index (χ2n) is 6.50. The fourth-order valence-electron chi connectivity index (χ4n) is 3.43. The number of fused-ring (bicyclic) bond motifs is 2. The van der Waals surface area contributed by atoms with Gasteiger partial charge >= 0.3 is 6.36 Å². The van der Waals surface area contributed by atoms with E-state index < -0.39 is 16.4 Å². The van der Waals surface area contributed by atoms with Gasteiger partial charge in [-0.2, -0.15) is 8.42 Å². The molecule has 0 aromatic heterocycles. The molecule has 1 N–H and O–H groups in total. The molecule has 0 spiro atoms. The first-order valence-corrected chi connectivity index (χ1v) is 9.99. The Balaban J connectivity index is 1.59. The van der Waals surface area contributed by atoms with Gasteiger partial charge in [0, 0.05) is 12.2 Å². The molecule has 2 aromatic carbocycles. The Hall–Kier alpha value is -2.75. The molecule has 2 aliphatic rings. The van der Waals surface area contributed by atoms with Crippen LogP contribution < -0.4 is 15.0 Å². The van der Waals surface area contributed by atoms with Crippen LogP contribution in [-0.4, -0.2) is 33.7 Å². The largest absolute Gasteiger partial charge is 0.573 e. The number of benzene rings is 2. The van der Waals surface area contributed by atoms with Crippen molar-refractivity contribution in [3.05, 3.63) is 48.0 Å². The molecule has 148 valence electrons. The lowest BCUT2D eigenvalue weighted by Crippen LogP contribution is -2.38. The van der Waals surface area contributed by atoms with Crippen LogP contribution in [0.25, 0.3) is 0 Å². The van der Waals surface area contributed by atoms with E-state index in [9.17, 15) is 21.6 Å². The van der Waals surface area contributed by atoms with Crippen LogP contribution in [0.2, 0.25) is 0 Å². The zero-order chi connectivity index (χ0) is 19.9. The molecule has 2 heterocycles. The molecule has 0 saturated heterocycles. The number of anilines is 2. The average molecular weight is 411 g/mol. The SMILES string of the molecule is O=S1(=O)N=C(CN2CCCc3cc(OC(F)(F)F)ccc32)Nc2ccccc21. The quantitative estimate of drug-likeness (QED) is 0.837. The van der Waals surface area contributed by atoms with E-state index in [1.807, 2.05) is 4.90 Å². The number of hydrogen-bond acceptors (Lipinski definition) is 5. The number of amidine groups is 1. The zero-order valence-electron chi connectivity index (χ0n) is 14.5. The molecule has 0 radical (unpaired) electrons. The fourth-order valence-corrected chi connectivity index (χ4v) is 4.57. The molecule has 0 fully saturated rings. The molecule has 2 aliphatic heterocycles. The number of para-hydroxylation sites is 1. The van der Waals surface area contributed by atoms with Gasteiger partial charge in [0.15, 0.2) is 0 Å². The van der Waals surface area contributed by atoms with E-state index in [1.54, 1.807) is 24.3 Å². The van der Waals surface area contributed by atoms with E-state index in [-0.39, 0.29) is 23.0 Å². The van der Waals surface area contributed by atoms with Crippen molar-refractivity contribution in [2.24, 2.45) is 4.40 Å². The minimum Gasteiger partial charge on any atom is -0.406 e. The van der Waals surface area contributed by atoms with Crippen LogP contribution in [-0.2, 0) is 16.4 Å². The monoisotopic (exact) mass is 411 g/mol. The number of aryl methyl sites for hydroxylation is 1. The van der Waals surface area contributed by atoms with Crippen molar-refractivity contribution < 1.29 is 26.3 Å². The van der Waals surface area contributed by atoms with E-state index in [0.717, 1.165) is 12.1 Å². The van der Waals surface area contributed by atoms with Crippen LogP contribution >= 0.6 is 0 Å². The molecule has 0 bridgehead atoms. The highest BCUT2D eigenvalue weighted by Crippen LogP contribution is 2.33. The second kappa shape index (κ2) is 6.69. The maximum absolute atomic E-state index is 12.4. The summed E-state index contributed by atoms with van der Waals surface area (Å²) in [7, 11) is -3.79. The minimum atomic E-state index is -4.74. The lowest BCUT2D eigenvalue weighted by molar-refractivity contribution is -0.274. The Morgan fingerprint density at radius 1 is 1.18 bits per heavy atom. The molecule has 10 heteroatoms. The van der Waals surface area contributed by atoms with Crippen LogP contribution in [0.3, 0.4) is 0 Å². The molecule has 0 unspecified atom stereocenters. The van der Waals surface area contributed by atoms with Gasteiger partial charge in [-0.05, 0) is 48.7 Å². The molecule has 0 atom stereocenters. The van der Waals surface area contributed by atoms with Gasteiger partial charge in [0.05, 0.1) is 12.2 Å². The summed E-state index contributed by atoms with van der Waals surface area (Å²) in [5, 5.41) is 3.03. The summed E-state index contributed by atoms with van der Waals surface area (Å²) in [5.41, 5.74) is 1.91. The van der Waals surface area contributed by atoms with Crippen LogP contribution in [0, 0.1) is 0 Å². The third kappa shape index (κ3) is 3.77. The highest BCUT2D eigenvalue weighted by Gasteiger charge is 2.32. The number of sulfonamides is 1. The van der Waals surface area contributed by atoms with Crippen molar-refractivity contribution in [2.45, 2.75) is 24.1 Å². The van der Waals surface area contributed by atoms with Crippen molar-refractivity contribution in [3.8, 4) is 5.75 Å². The number of nitrogens with one attached hydrogen (secondary N) is 1. The van der Waals surface area contributed by atoms with Gasteiger partial charge in [0.1, 0.15) is 16.5 Å². The molecule has 6 nitrogen and oxygen atoms in total. The third-order valence-electron chi connectivity index (χ3n) is 4.51. The Labute approximate surface area is 159 Å². The third-order valence-corrected chi connectivity index (χ3v) is 5.89. The van der Waals surface area contributed by atoms with Crippen molar-refractivity contribution in [2.75, 3.05) is 23.3 Å². The fraction of sp³-hybridized carbons (Fsp3) is 0.278. The predicted molar refractivity (Wildman–Crippen MR) is 98.3 cm³/mol. The molecule has 0 aliphatic carbocycles. The maximum atomic E-state index is 12.4. The highest BCUT2D eigenvalue weighted by molar-refractivity contribution is 7.90. The van der Waals surface area contributed by atoms with E-state index in [1.165, 1.54) is 18.2 Å². The van der Waals surface area contributed by atoms with Gasteiger partial charge in [0.25, 0.3) is 10.0 Å². The lowest BCUT2D eigenvalue weighted by atomic mass is 10.0. The van der Waals surface area contributed by atoms with Crippen LogP contribution in [0.1, 0.15) is 12.0 Å². The van der Waals surface area contributed by atoms with Crippen LogP contribution in [0.5, 0.6) is 5.75 Å². The number of rotatable bonds is 3. The van der Waals surface area contributed by atoms with E-state index >= 15 is 0 Å². The van der Waals surface area contributed by atoms with Gasteiger partial charge in [-0.1, -0.05) is 12.1 Å². The van der Waals surface area contributed by atoms with Gasteiger partial charge in [-0.3, -0.25) is 0 Å². The number of nitrogens with zero attached hydrogens (tertiary/aromatic N) is 2. The zero-order valence-corrected chi connectivity index (χ0v) is 15.3. The first-order chi connectivity index (χ1) is 13.2. The van der Waals surface area contributed by atoms with Crippen molar-refractivity contribution >= 4 is 27.2 Å². The summed E-state index contributed by atoms with van der Waals surface area (Å²) in [5.74, 6) is -0.0000878. The number of alkyl halides is 3.